The van der Waals surface area contributed by atoms with Crippen LogP contribution in [-0.2, 0) is 11.2 Å². The number of ether oxygens (including phenoxy) is 1. The lowest BCUT2D eigenvalue weighted by molar-refractivity contribution is -0.143. The van der Waals surface area contributed by atoms with Gasteiger partial charge in [0, 0.05) is 44.1 Å². The number of aromatic nitrogens is 2. The van der Waals surface area contributed by atoms with Crippen molar-refractivity contribution >= 4 is 11.9 Å². The van der Waals surface area contributed by atoms with Gasteiger partial charge in [-0.15, -0.1) is 0 Å². The summed E-state index contributed by atoms with van der Waals surface area (Å²) in [6.45, 7) is 11.2. The Morgan fingerprint density at radius 3 is 2.63 bits per heavy atom. The topological polar surface area (TPSA) is 91.9 Å². The van der Waals surface area contributed by atoms with Crippen LogP contribution in [0.1, 0.15) is 70.7 Å². The van der Waals surface area contributed by atoms with Crippen LogP contribution in [-0.4, -0.2) is 64.4 Å². The largest absolute Gasteiger partial charge is 0.493 e. The molecule has 3 heterocycles. The molecule has 3 aliphatic rings. The molecule has 2 aliphatic heterocycles. The maximum atomic E-state index is 14.7. The van der Waals surface area contributed by atoms with Crippen molar-refractivity contribution in [2.75, 3.05) is 37.7 Å². The van der Waals surface area contributed by atoms with Crippen molar-refractivity contribution < 1.29 is 23.6 Å². The molecule has 2 aromatic rings. The molecule has 5 rings (SSSR count). The molecule has 2 atom stereocenters. The fourth-order valence-corrected chi connectivity index (χ4v) is 5.78. The third-order valence-corrected chi connectivity index (χ3v) is 8.70. The predicted molar refractivity (Wildman–Crippen MR) is 142 cm³/mol. The van der Waals surface area contributed by atoms with E-state index in [4.69, 9.17) is 9.26 Å². The standard InChI is InChI=1S/C29H41FN4O4/c1-18(2)27-31-28(38-32-27)33-10-7-19(8-11-33)24-13-20(24)9-12-37-23-6-5-21(25(30)15-23)14-26(35)34-16-22(17-34)29(3,4)36/h5-6,15,18-20,22,24,36H,7-14,16-17H2,1-4H3/t20-,24?/m1/s1. The van der Waals surface area contributed by atoms with Gasteiger partial charge in [0.05, 0.1) is 18.6 Å². The summed E-state index contributed by atoms with van der Waals surface area (Å²) in [7, 11) is 0. The van der Waals surface area contributed by atoms with Gasteiger partial charge in [0.25, 0.3) is 0 Å². The van der Waals surface area contributed by atoms with Gasteiger partial charge >= 0.3 is 6.01 Å². The van der Waals surface area contributed by atoms with Gasteiger partial charge in [0.15, 0.2) is 5.82 Å². The number of halogens is 1. The lowest BCUT2D eigenvalue weighted by atomic mass is 9.84. The van der Waals surface area contributed by atoms with E-state index in [0.29, 0.717) is 42.9 Å². The summed E-state index contributed by atoms with van der Waals surface area (Å²) in [5, 5.41) is 14.1. The number of hydrogen-bond acceptors (Lipinski definition) is 7. The number of carbonyl (C=O) groups is 1. The van der Waals surface area contributed by atoms with E-state index in [1.54, 1.807) is 30.9 Å². The first-order valence-corrected chi connectivity index (χ1v) is 14.1. The van der Waals surface area contributed by atoms with E-state index in [0.717, 1.165) is 50.0 Å². The number of anilines is 1. The number of piperidine rings is 1. The Morgan fingerprint density at radius 1 is 1.26 bits per heavy atom. The summed E-state index contributed by atoms with van der Waals surface area (Å²) < 4.78 is 26.0. The molecule has 3 fully saturated rings. The second kappa shape index (κ2) is 10.8. The lowest BCUT2D eigenvalue weighted by Crippen LogP contribution is -2.57. The Balaban J connectivity index is 1.00. The average molecular weight is 529 g/mol. The van der Waals surface area contributed by atoms with Gasteiger partial charge in [-0.25, -0.2) is 4.39 Å². The number of rotatable bonds is 10. The van der Waals surface area contributed by atoms with Crippen LogP contribution >= 0.6 is 0 Å². The Hall–Kier alpha value is -2.68. The zero-order chi connectivity index (χ0) is 27.0. The summed E-state index contributed by atoms with van der Waals surface area (Å²) >= 11 is 0. The van der Waals surface area contributed by atoms with Crippen molar-refractivity contribution in [3.8, 4) is 5.75 Å². The minimum atomic E-state index is -0.799. The Bertz CT molecular complexity index is 1120. The second-order valence-electron chi connectivity index (χ2n) is 12.3. The summed E-state index contributed by atoms with van der Waals surface area (Å²) in [6, 6.07) is 5.44. The molecule has 1 aromatic carbocycles. The second-order valence-corrected chi connectivity index (χ2v) is 12.3. The number of likely N-dealkylation sites (tertiary alicyclic amines) is 1. The van der Waals surface area contributed by atoms with Crippen LogP contribution in [0.15, 0.2) is 22.7 Å². The molecule has 0 spiro atoms. The summed E-state index contributed by atoms with van der Waals surface area (Å²) in [5.74, 6) is 3.24. The number of benzene rings is 1. The lowest BCUT2D eigenvalue weighted by Gasteiger charge is -2.45. The third kappa shape index (κ3) is 6.14. The Kier molecular flexibility index (Phi) is 7.67. The Morgan fingerprint density at radius 2 is 2.00 bits per heavy atom. The minimum Gasteiger partial charge on any atom is -0.493 e. The van der Waals surface area contributed by atoms with Crippen molar-refractivity contribution in [3.05, 3.63) is 35.4 Å². The van der Waals surface area contributed by atoms with Gasteiger partial charge in [0.1, 0.15) is 11.6 Å². The molecule has 0 radical (unpaired) electrons. The fourth-order valence-electron chi connectivity index (χ4n) is 5.78. The number of carbonyl (C=O) groups excluding carboxylic acids is 1. The quantitative estimate of drug-likeness (QED) is 0.488. The maximum absolute atomic E-state index is 14.7. The SMILES string of the molecule is CC(C)c1noc(N2CCC(C3C[C@H]3CCOc3ccc(CC(=O)N4CC(C(C)(C)O)C4)c(F)c3)CC2)n1. The van der Waals surface area contributed by atoms with E-state index in [9.17, 15) is 14.3 Å². The van der Waals surface area contributed by atoms with E-state index in [1.165, 1.54) is 12.5 Å². The van der Waals surface area contributed by atoms with E-state index < -0.39 is 11.4 Å². The molecule has 0 bridgehead atoms. The van der Waals surface area contributed by atoms with Crippen LogP contribution < -0.4 is 9.64 Å². The number of hydrogen-bond donors (Lipinski definition) is 1. The highest BCUT2D eigenvalue weighted by molar-refractivity contribution is 5.79. The molecule has 1 aromatic heterocycles. The van der Waals surface area contributed by atoms with E-state index in [1.807, 2.05) is 0 Å². The van der Waals surface area contributed by atoms with Gasteiger partial charge in [-0.3, -0.25) is 4.79 Å². The fraction of sp³-hybridized carbons (Fsp3) is 0.690. The first kappa shape index (κ1) is 26.9. The van der Waals surface area contributed by atoms with Gasteiger partial charge < -0.3 is 24.2 Å². The maximum Gasteiger partial charge on any atom is 0.324 e. The molecular weight excluding hydrogens is 487 g/mol. The average Bonchev–Trinajstić information content (AvgIpc) is 3.41. The zero-order valence-electron chi connectivity index (χ0n) is 23.0. The van der Waals surface area contributed by atoms with Crippen molar-refractivity contribution in [2.24, 2.45) is 23.7 Å². The molecule has 9 heteroatoms. The molecule has 1 aliphatic carbocycles. The first-order chi connectivity index (χ1) is 18.1. The van der Waals surface area contributed by atoms with E-state index in [2.05, 4.69) is 28.9 Å². The molecule has 2 saturated heterocycles. The van der Waals surface area contributed by atoms with Crippen LogP contribution in [0.4, 0.5) is 10.4 Å². The van der Waals surface area contributed by atoms with Crippen LogP contribution in [0.3, 0.4) is 0 Å². The molecular formula is C29H41FN4O4. The highest BCUT2D eigenvalue weighted by atomic mass is 19.1. The molecule has 1 amide bonds. The molecule has 1 unspecified atom stereocenters. The minimum absolute atomic E-state index is 0.0264. The van der Waals surface area contributed by atoms with Gasteiger partial charge in [-0.05, 0) is 68.9 Å². The van der Waals surface area contributed by atoms with Gasteiger partial charge in [0.2, 0.25) is 5.91 Å². The number of aliphatic hydroxyl groups is 1. The van der Waals surface area contributed by atoms with Crippen molar-refractivity contribution in [1.82, 2.24) is 15.0 Å². The zero-order valence-corrected chi connectivity index (χ0v) is 23.0. The van der Waals surface area contributed by atoms with Crippen LogP contribution in [0.25, 0.3) is 0 Å². The summed E-state index contributed by atoms with van der Waals surface area (Å²) in [6.07, 6.45) is 4.53. The van der Waals surface area contributed by atoms with Crippen molar-refractivity contribution in [2.45, 2.75) is 71.3 Å². The Labute approximate surface area is 224 Å². The number of amides is 1. The van der Waals surface area contributed by atoms with Crippen molar-refractivity contribution in [1.29, 1.82) is 0 Å². The van der Waals surface area contributed by atoms with Crippen LogP contribution in [0.5, 0.6) is 5.75 Å². The molecule has 8 nitrogen and oxygen atoms in total. The number of nitrogens with zero attached hydrogens (tertiary/aromatic N) is 4. The third-order valence-electron chi connectivity index (χ3n) is 8.70. The molecule has 1 N–H and O–H groups in total. The van der Waals surface area contributed by atoms with E-state index >= 15 is 0 Å². The highest BCUT2D eigenvalue weighted by Crippen LogP contribution is 2.50. The monoisotopic (exact) mass is 528 g/mol. The van der Waals surface area contributed by atoms with E-state index in [-0.39, 0.29) is 24.2 Å². The van der Waals surface area contributed by atoms with Crippen molar-refractivity contribution in [3.63, 3.8) is 0 Å². The highest BCUT2D eigenvalue weighted by Gasteiger charge is 2.43. The summed E-state index contributed by atoms with van der Waals surface area (Å²) in [5.41, 5.74) is -0.420. The van der Waals surface area contributed by atoms with Gasteiger partial charge in [-0.2, -0.15) is 4.98 Å². The van der Waals surface area contributed by atoms with Crippen LogP contribution in [0, 0.1) is 29.5 Å². The first-order valence-electron chi connectivity index (χ1n) is 14.1. The molecule has 38 heavy (non-hydrogen) atoms. The molecule has 208 valence electrons. The predicted octanol–water partition coefficient (Wildman–Crippen LogP) is 4.43. The normalized spacial score (nSPS) is 22.6. The smallest absolute Gasteiger partial charge is 0.324 e. The van der Waals surface area contributed by atoms with Gasteiger partial charge in [-0.1, -0.05) is 25.1 Å². The summed E-state index contributed by atoms with van der Waals surface area (Å²) in [4.78, 5) is 20.9. The van der Waals surface area contributed by atoms with Crippen LogP contribution in [0.2, 0.25) is 0 Å². The molecule has 1 saturated carbocycles.